The Morgan fingerprint density at radius 3 is 2.40 bits per heavy atom. The highest BCUT2D eigenvalue weighted by atomic mass is 19.3. The molecule has 2 aliphatic rings. The summed E-state index contributed by atoms with van der Waals surface area (Å²) in [5.74, 6) is 0.136. The van der Waals surface area contributed by atoms with Crippen LogP contribution in [0.4, 0.5) is 8.78 Å². The van der Waals surface area contributed by atoms with E-state index in [1.165, 1.54) is 0 Å². The Balaban J connectivity index is 1.92. The summed E-state index contributed by atoms with van der Waals surface area (Å²) in [6, 6.07) is 0.350. The van der Waals surface area contributed by atoms with Crippen molar-refractivity contribution in [1.82, 2.24) is 9.80 Å². The molecule has 114 valence electrons. The van der Waals surface area contributed by atoms with Crippen molar-refractivity contribution in [2.24, 2.45) is 5.92 Å². The van der Waals surface area contributed by atoms with Gasteiger partial charge in [-0.3, -0.25) is 4.79 Å². The lowest BCUT2D eigenvalue weighted by molar-refractivity contribution is -0.131. The summed E-state index contributed by atoms with van der Waals surface area (Å²) in [6.07, 6.45) is 4.70. The molecule has 2 bridgehead atoms. The number of amides is 1. The van der Waals surface area contributed by atoms with Gasteiger partial charge in [0.1, 0.15) is 0 Å². The second kappa shape index (κ2) is 6.66. The van der Waals surface area contributed by atoms with E-state index in [4.69, 9.17) is 0 Å². The fraction of sp³-hybridized carbons (Fsp3) is 0.800. The third-order valence-corrected chi connectivity index (χ3v) is 4.33. The number of alkyl halides is 2. The van der Waals surface area contributed by atoms with Crippen molar-refractivity contribution < 1.29 is 13.6 Å². The minimum atomic E-state index is -2.22. The van der Waals surface area contributed by atoms with Crippen LogP contribution in [-0.2, 0) is 4.79 Å². The molecule has 1 amide bonds. The van der Waals surface area contributed by atoms with E-state index in [1.807, 2.05) is 30.0 Å². The van der Waals surface area contributed by atoms with Crippen LogP contribution in [-0.4, -0.2) is 54.9 Å². The number of fused-ring (bicyclic) bond motifs is 2. The lowest BCUT2D eigenvalue weighted by Crippen LogP contribution is -2.46. The van der Waals surface area contributed by atoms with E-state index in [9.17, 15) is 13.6 Å². The number of carbonyl (C=O) groups is 1. The largest absolute Gasteiger partial charge is 0.333 e. The first-order valence-corrected chi connectivity index (χ1v) is 7.39. The maximum atomic E-state index is 12.5. The summed E-state index contributed by atoms with van der Waals surface area (Å²) < 4.78 is 25.0. The maximum absolute atomic E-state index is 12.5. The normalized spacial score (nSPS) is 29.9. The molecule has 0 saturated carbocycles. The summed E-state index contributed by atoms with van der Waals surface area (Å²) in [5, 5.41) is 0. The Hall–Kier alpha value is -0.970. The molecule has 0 aliphatic carbocycles. The number of nitrogens with zero attached hydrogens (tertiary/aromatic N) is 2. The first kappa shape index (κ1) is 15.4. The second-order valence-electron chi connectivity index (χ2n) is 6.26. The van der Waals surface area contributed by atoms with Crippen molar-refractivity contribution in [2.45, 2.75) is 50.6 Å². The minimum Gasteiger partial charge on any atom is -0.333 e. The molecule has 0 N–H and O–H groups in total. The van der Waals surface area contributed by atoms with E-state index in [0.29, 0.717) is 0 Å². The number of likely N-dealkylation sites (N-methyl/N-ethyl adjacent to an activating group) is 1. The summed E-state index contributed by atoms with van der Waals surface area (Å²) in [4.78, 5) is 16.2. The van der Waals surface area contributed by atoms with Crippen LogP contribution in [0, 0.1) is 5.92 Å². The molecule has 2 aliphatic heterocycles. The Kier molecular flexibility index (Phi) is 5.13. The predicted molar refractivity (Wildman–Crippen MR) is 74.7 cm³/mol. The lowest BCUT2D eigenvalue weighted by Gasteiger charge is -2.38. The zero-order chi connectivity index (χ0) is 14.7. The molecule has 2 unspecified atom stereocenters. The van der Waals surface area contributed by atoms with Gasteiger partial charge in [0, 0.05) is 31.1 Å². The van der Waals surface area contributed by atoms with Gasteiger partial charge in [-0.25, -0.2) is 8.78 Å². The number of halogens is 2. The number of hydrogen-bond donors (Lipinski definition) is 0. The van der Waals surface area contributed by atoms with Crippen molar-refractivity contribution in [2.75, 3.05) is 20.6 Å². The smallest absolute Gasteiger partial charge is 0.246 e. The van der Waals surface area contributed by atoms with Crippen LogP contribution in [0.2, 0.25) is 0 Å². The van der Waals surface area contributed by atoms with Gasteiger partial charge in [0.25, 0.3) is 0 Å². The highest BCUT2D eigenvalue weighted by Crippen LogP contribution is 2.40. The van der Waals surface area contributed by atoms with Gasteiger partial charge < -0.3 is 9.80 Å². The van der Waals surface area contributed by atoms with E-state index >= 15 is 0 Å². The van der Waals surface area contributed by atoms with Crippen molar-refractivity contribution in [3.63, 3.8) is 0 Å². The Morgan fingerprint density at radius 1 is 1.30 bits per heavy atom. The van der Waals surface area contributed by atoms with Crippen LogP contribution in [0.5, 0.6) is 0 Å². The topological polar surface area (TPSA) is 23.6 Å². The monoisotopic (exact) mass is 286 g/mol. The molecule has 2 saturated heterocycles. The number of carbonyl (C=O) groups excluding carboxylic acids is 1. The van der Waals surface area contributed by atoms with Gasteiger partial charge >= 0.3 is 0 Å². The Labute approximate surface area is 119 Å². The average molecular weight is 286 g/mol. The predicted octanol–water partition coefficient (Wildman–Crippen LogP) is 2.53. The Morgan fingerprint density at radius 2 is 1.90 bits per heavy atom. The number of piperidine rings is 1. The molecule has 20 heavy (non-hydrogen) atoms. The minimum absolute atomic E-state index is 0.00843. The first-order valence-electron chi connectivity index (χ1n) is 7.39. The highest BCUT2D eigenvalue weighted by Gasteiger charge is 2.42. The second-order valence-corrected chi connectivity index (χ2v) is 6.26. The van der Waals surface area contributed by atoms with Gasteiger partial charge in [0.05, 0.1) is 0 Å². The molecule has 0 aromatic carbocycles. The quantitative estimate of drug-likeness (QED) is 0.725. The van der Waals surface area contributed by atoms with E-state index < -0.39 is 6.43 Å². The molecular formula is C15H24F2N2O. The molecule has 0 spiro atoms. The first-order chi connectivity index (χ1) is 9.47. The van der Waals surface area contributed by atoms with E-state index in [0.717, 1.165) is 32.2 Å². The zero-order valence-corrected chi connectivity index (χ0v) is 12.3. The van der Waals surface area contributed by atoms with Crippen LogP contribution < -0.4 is 0 Å². The summed E-state index contributed by atoms with van der Waals surface area (Å²) in [5.41, 5.74) is 0. The molecule has 0 radical (unpaired) electrons. The fourth-order valence-electron chi connectivity index (χ4n) is 3.54. The number of rotatable bonds is 5. The lowest BCUT2D eigenvalue weighted by atomic mass is 9.88. The van der Waals surface area contributed by atoms with E-state index in [2.05, 4.69) is 0 Å². The Bertz CT molecular complexity index is 357. The van der Waals surface area contributed by atoms with Gasteiger partial charge in [0.2, 0.25) is 12.3 Å². The van der Waals surface area contributed by atoms with Crippen molar-refractivity contribution in [3.05, 3.63) is 12.2 Å². The molecule has 2 atom stereocenters. The molecule has 2 rings (SSSR count). The molecule has 2 heterocycles. The molecular weight excluding hydrogens is 262 g/mol. The van der Waals surface area contributed by atoms with Crippen molar-refractivity contribution >= 4 is 5.91 Å². The van der Waals surface area contributed by atoms with Gasteiger partial charge in [-0.1, -0.05) is 6.08 Å². The summed E-state index contributed by atoms with van der Waals surface area (Å²) in [7, 11) is 3.91. The van der Waals surface area contributed by atoms with Crippen LogP contribution in [0.3, 0.4) is 0 Å². The summed E-state index contributed by atoms with van der Waals surface area (Å²) in [6.45, 7) is 0.739. The molecule has 0 aromatic rings. The molecule has 0 aromatic heterocycles. The SMILES string of the molecule is CN(C)C/C=C/C(=O)N1C2CCC1CC(CC(F)F)C2. The van der Waals surface area contributed by atoms with Gasteiger partial charge in [-0.05, 0) is 45.7 Å². The fourth-order valence-corrected chi connectivity index (χ4v) is 3.54. The van der Waals surface area contributed by atoms with Crippen LogP contribution in [0.15, 0.2) is 12.2 Å². The maximum Gasteiger partial charge on any atom is 0.246 e. The van der Waals surface area contributed by atoms with Crippen LogP contribution in [0.25, 0.3) is 0 Å². The average Bonchev–Trinajstić information content (AvgIpc) is 2.60. The van der Waals surface area contributed by atoms with Crippen LogP contribution in [0.1, 0.15) is 32.1 Å². The van der Waals surface area contributed by atoms with Gasteiger partial charge in [-0.15, -0.1) is 0 Å². The third-order valence-electron chi connectivity index (χ3n) is 4.33. The summed E-state index contributed by atoms with van der Waals surface area (Å²) >= 11 is 0. The molecule has 2 fully saturated rings. The van der Waals surface area contributed by atoms with E-state index in [-0.39, 0.29) is 30.3 Å². The molecule has 5 heteroatoms. The van der Waals surface area contributed by atoms with Gasteiger partial charge in [0.15, 0.2) is 0 Å². The van der Waals surface area contributed by atoms with Crippen molar-refractivity contribution in [1.29, 1.82) is 0 Å². The zero-order valence-electron chi connectivity index (χ0n) is 12.3. The number of hydrogen-bond acceptors (Lipinski definition) is 2. The molecule has 3 nitrogen and oxygen atoms in total. The van der Waals surface area contributed by atoms with Crippen molar-refractivity contribution in [3.8, 4) is 0 Å². The van der Waals surface area contributed by atoms with E-state index in [1.54, 1.807) is 6.08 Å². The van der Waals surface area contributed by atoms with Gasteiger partial charge in [-0.2, -0.15) is 0 Å². The highest BCUT2D eigenvalue weighted by molar-refractivity contribution is 5.88. The third kappa shape index (κ3) is 3.78. The van der Waals surface area contributed by atoms with Crippen LogP contribution >= 0.6 is 0 Å². The standard InChI is InChI=1S/C15H24F2N2O/c1-18(2)7-3-4-15(20)19-12-5-6-13(19)9-11(8-12)10-14(16)17/h3-4,11-14H,5-10H2,1-2H3/b4-3+.